The number of phenols is 1. The summed E-state index contributed by atoms with van der Waals surface area (Å²) in [6, 6.07) is 8.93. The molecular formula is C18H15BrClN4O3S+. The highest BCUT2D eigenvalue weighted by molar-refractivity contribution is 9.10. The molecule has 28 heavy (non-hydrogen) atoms. The van der Waals surface area contributed by atoms with Crippen molar-refractivity contribution in [1.29, 1.82) is 0 Å². The Bertz CT molecular complexity index is 1150. The van der Waals surface area contributed by atoms with Crippen molar-refractivity contribution in [3.05, 3.63) is 55.7 Å². The first-order chi connectivity index (χ1) is 13.4. The Kier molecular flexibility index (Phi) is 4.98. The minimum atomic E-state index is -0.524. The molecule has 1 aliphatic rings. The average Bonchev–Trinajstić information content (AvgIpc) is 2.68. The Labute approximate surface area is 177 Å². The molecule has 0 radical (unpaired) electrons. The second kappa shape index (κ2) is 7.31. The molecule has 0 amide bonds. The zero-order chi connectivity index (χ0) is 20.0. The van der Waals surface area contributed by atoms with Crippen LogP contribution in [0.3, 0.4) is 0 Å². The molecule has 0 saturated heterocycles. The van der Waals surface area contributed by atoms with Gasteiger partial charge in [-0.2, -0.15) is 0 Å². The van der Waals surface area contributed by atoms with Crippen molar-refractivity contribution in [3.8, 4) is 22.8 Å². The number of nitrogens with one attached hydrogen (secondary N) is 2. The SMILES string of the molecule is COc1cc([C@@H]2Nc3ccc(Br)cc3-c3c(=O)[nH]c(SC)n[n+]32)cc(Cl)c1O. The third-order valence-electron chi connectivity index (χ3n) is 4.42. The van der Waals surface area contributed by atoms with E-state index in [2.05, 4.69) is 31.3 Å². The lowest BCUT2D eigenvalue weighted by Gasteiger charge is -2.23. The lowest BCUT2D eigenvalue weighted by Crippen LogP contribution is -2.55. The zero-order valence-corrected chi connectivity index (χ0v) is 17.9. The van der Waals surface area contributed by atoms with Crippen LogP contribution in [0.25, 0.3) is 11.3 Å². The number of rotatable bonds is 3. The topological polar surface area (TPSA) is 91.1 Å². The number of aromatic nitrogens is 3. The van der Waals surface area contributed by atoms with Crippen molar-refractivity contribution in [2.24, 2.45) is 0 Å². The maximum atomic E-state index is 12.9. The van der Waals surface area contributed by atoms with Crippen LogP contribution in [0.1, 0.15) is 11.7 Å². The number of anilines is 1. The molecule has 1 atom stereocenters. The molecule has 3 N–H and O–H groups in total. The number of benzene rings is 2. The normalized spacial score (nSPS) is 14.8. The van der Waals surface area contributed by atoms with Gasteiger partial charge in [0.2, 0.25) is 5.16 Å². The van der Waals surface area contributed by atoms with Crippen LogP contribution in [0.15, 0.2) is 44.8 Å². The van der Waals surface area contributed by atoms with Crippen LogP contribution in [-0.4, -0.2) is 28.6 Å². The summed E-state index contributed by atoms with van der Waals surface area (Å²) in [7, 11) is 1.45. The smallest absolute Gasteiger partial charge is 0.325 e. The Hall–Kier alpha value is -2.23. The number of aromatic hydroxyl groups is 1. The van der Waals surface area contributed by atoms with Crippen molar-refractivity contribution in [2.75, 3.05) is 18.7 Å². The van der Waals surface area contributed by atoms with Crippen LogP contribution in [0.4, 0.5) is 5.69 Å². The van der Waals surface area contributed by atoms with E-state index in [1.54, 1.807) is 16.8 Å². The number of hydrogen-bond donors (Lipinski definition) is 3. The van der Waals surface area contributed by atoms with E-state index in [9.17, 15) is 9.90 Å². The lowest BCUT2D eigenvalue weighted by atomic mass is 10.0. The number of nitrogens with zero attached hydrogens (tertiary/aromatic N) is 2. The average molecular weight is 483 g/mol. The largest absolute Gasteiger partial charge is 0.503 e. The first-order valence-corrected chi connectivity index (χ1v) is 10.6. The van der Waals surface area contributed by atoms with Crippen LogP contribution < -0.4 is 20.3 Å². The number of phenolic OH excluding ortho intramolecular Hbond substituents is 1. The van der Waals surface area contributed by atoms with E-state index in [-0.39, 0.29) is 22.1 Å². The monoisotopic (exact) mass is 481 g/mol. The molecule has 4 rings (SSSR count). The Morgan fingerprint density at radius 3 is 2.86 bits per heavy atom. The Morgan fingerprint density at radius 1 is 1.36 bits per heavy atom. The van der Waals surface area contributed by atoms with Crippen molar-refractivity contribution >= 4 is 45.0 Å². The van der Waals surface area contributed by atoms with Gasteiger partial charge in [-0.25, -0.2) is 0 Å². The molecule has 3 aromatic rings. The molecule has 0 fully saturated rings. The first kappa shape index (κ1) is 19.1. The van der Waals surface area contributed by atoms with Crippen molar-refractivity contribution in [3.63, 3.8) is 0 Å². The zero-order valence-electron chi connectivity index (χ0n) is 14.8. The van der Waals surface area contributed by atoms with Gasteiger partial charge in [0, 0.05) is 15.1 Å². The maximum absolute atomic E-state index is 12.9. The molecule has 0 spiro atoms. The van der Waals surface area contributed by atoms with Gasteiger partial charge < -0.3 is 15.2 Å². The van der Waals surface area contributed by atoms with Crippen LogP contribution in [-0.2, 0) is 0 Å². The maximum Gasteiger partial charge on any atom is 0.325 e. The van der Waals surface area contributed by atoms with E-state index in [1.807, 2.05) is 24.5 Å². The third kappa shape index (κ3) is 3.13. The summed E-state index contributed by atoms with van der Waals surface area (Å²) < 4.78 is 7.70. The molecule has 1 aliphatic heterocycles. The van der Waals surface area contributed by atoms with E-state index in [0.717, 1.165) is 15.7 Å². The van der Waals surface area contributed by atoms with Gasteiger partial charge in [-0.3, -0.25) is 9.78 Å². The Balaban J connectivity index is 2.00. The van der Waals surface area contributed by atoms with E-state index in [1.165, 1.54) is 18.9 Å². The van der Waals surface area contributed by atoms with Crippen molar-refractivity contribution in [1.82, 2.24) is 10.1 Å². The van der Waals surface area contributed by atoms with Crippen molar-refractivity contribution < 1.29 is 14.5 Å². The molecular weight excluding hydrogens is 468 g/mol. The van der Waals surface area contributed by atoms with E-state index < -0.39 is 6.17 Å². The van der Waals surface area contributed by atoms with Gasteiger partial charge >= 0.3 is 11.3 Å². The highest BCUT2D eigenvalue weighted by atomic mass is 79.9. The predicted octanol–water partition coefficient (Wildman–Crippen LogP) is 3.55. The highest BCUT2D eigenvalue weighted by Gasteiger charge is 2.38. The molecule has 1 aromatic heterocycles. The summed E-state index contributed by atoms with van der Waals surface area (Å²) in [6.45, 7) is 0. The van der Waals surface area contributed by atoms with Crippen LogP contribution in [0.2, 0.25) is 5.02 Å². The lowest BCUT2D eigenvalue weighted by molar-refractivity contribution is -0.759. The number of halogens is 2. The van der Waals surface area contributed by atoms with Gasteiger partial charge in [0.25, 0.3) is 6.17 Å². The molecule has 7 nitrogen and oxygen atoms in total. The summed E-state index contributed by atoms with van der Waals surface area (Å²) in [5.41, 5.74) is 2.36. The quantitative estimate of drug-likeness (QED) is 0.391. The minimum Gasteiger partial charge on any atom is -0.503 e. The molecule has 2 aromatic carbocycles. The van der Waals surface area contributed by atoms with Crippen molar-refractivity contribution in [2.45, 2.75) is 11.3 Å². The number of thioether (sulfide) groups is 1. The standard InChI is InChI=1S/C18H14BrClN4O3S/c1-27-13-6-8(5-11(20)15(13)25)16-21-12-4-3-9(19)7-10(12)14-17(26)22-18(28-2)23-24(14)16/h3-7,16H,1-2H3,(H2,22,23,25,26)/p+1/t16-/m1/s1. The summed E-state index contributed by atoms with van der Waals surface area (Å²) in [4.78, 5) is 15.7. The fourth-order valence-electron chi connectivity index (χ4n) is 3.14. The number of hydrogen-bond acceptors (Lipinski definition) is 6. The van der Waals surface area contributed by atoms with Crippen LogP contribution in [0, 0.1) is 0 Å². The minimum absolute atomic E-state index is 0.137. The van der Waals surface area contributed by atoms with Gasteiger partial charge in [0.05, 0.1) is 23.4 Å². The Morgan fingerprint density at radius 2 is 2.14 bits per heavy atom. The van der Waals surface area contributed by atoms with E-state index >= 15 is 0 Å². The number of methoxy groups -OCH3 is 1. The van der Waals surface area contributed by atoms with Gasteiger partial charge in [-0.15, -0.1) is 0 Å². The second-order valence-corrected chi connectivity index (χ2v) is 8.16. The molecule has 0 aliphatic carbocycles. The summed E-state index contributed by atoms with van der Waals surface area (Å²) in [5, 5.41) is 18.7. The number of ether oxygens (including phenoxy) is 1. The number of H-pyrrole nitrogens is 1. The molecule has 0 bridgehead atoms. The molecule has 0 unspecified atom stereocenters. The van der Waals surface area contributed by atoms with Crippen LogP contribution >= 0.6 is 39.3 Å². The molecule has 2 heterocycles. The first-order valence-electron chi connectivity index (χ1n) is 8.16. The number of aromatic amines is 1. The molecule has 10 heteroatoms. The third-order valence-corrected chi connectivity index (χ3v) is 5.77. The van der Waals surface area contributed by atoms with Gasteiger partial charge in [-0.05, 0) is 41.3 Å². The fourth-order valence-corrected chi connectivity index (χ4v) is 4.08. The summed E-state index contributed by atoms with van der Waals surface area (Å²) in [6.07, 6.45) is 1.31. The molecule has 144 valence electrons. The van der Waals surface area contributed by atoms with Gasteiger partial charge in [0.1, 0.15) is 0 Å². The fraction of sp³-hybridized carbons (Fsp3) is 0.167. The summed E-state index contributed by atoms with van der Waals surface area (Å²) >= 11 is 11.0. The van der Waals surface area contributed by atoms with E-state index in [4.69, 9.17) is 16.3 Å². The van der Waals surface area contributed by atoms with Crippen LogP contribution in [0.5, 0.6) is 11.5 Å². The number of fused-ring (bicyclic) bond motifs is 3. The highest BCUT2D eigenvalue weighted by Crippen LogP contribution is 2.39. The van der Waals surface area contributed by atoms with Gasteiger partial charge in [-0.1, -0.05) is 39.3 Å². The second-order valence-electron chi connectivity index (χ2n) is 6.05. The predicted molar refractivity (Wildman–Crippen MR) is 111 cm³/mol. The molecule has 0 saturated carbocycles. The van der Waals surface area contributed by atoms with E-state index in [0.29, 0.717) is 16.4 Å². The van der Waals surface area contributed by atoms with Gasteiger partial charge in [0.15, 0.2) is 11.5 Å². The summed E-state index contributed by atoms with van der Waals surface area (Å²) in [5.74, 6) is 0.102.